The Morgan fingerprint density at radius 1 is 1.33 bits per heavy atom. The van der Waals surface area contributed by atoms with Gasteiger partial charge in [-0.15, -0.1) is 0 Å². The van der Waals surface area contributed by atoms with Crippen molar-refractivity contribution < 1.29 is 24.0 Å². The smallest absolute Gasteiger partial charge is 0.306 e. The highest BCUT2D eigenvalue weighted by molar-refractivity contribution is 5.95. The molecule has 0 radical (unpaired) electrons. The predicted octanol–water partition coefficient (Wildman–Crippen LogP) is 1.67. The number of carbonyl (C=O) groups is 2. The molecule has 1 aromatic carbocycles. The Labute approximate surface area is 119 Å². The molecule has 0 atom stereocenters. The summed E-state index contributed by atoms with van der Waals surface area (Å²) in [5.74, 6) is -2.82. The Hall–Kier alpha value is -2.51. The third kappa shape index (κ3) is 3.15. The summed E-state index contributed by atoms with van der Waals surface area (Å²) in [7, 11) is 0. The van der Waals surface area contributed by atoms with Gasteiger partial charge in [-0.2, -0.15) is 4.39 Å². The van der Waals surface area contributed by atoms with Crippen LogP contribution in [0.1, 0.15) is 23.2 Å². The maximum atomic E-state index is 13.2. The Bertz CT molecular complexity index is 596. The third-order valence-electron chi connectivity index (χ3n) is 3.52. The van der Waals surface area contributed by atoms with E-state index in [4.69, 9.17) is 5.11 Å². The monoisotopic (exact) mass is 296 g/mol. The molecule has 7 nitrogen and oxygen atoms in total. The van der Waals surface area contributed by atoms with Crippen molar-refractivity contribution in [1.29, 1.82) is 0 Å². The van der Waals surface area contributed by atoms with Crippen LogP contribution in [-0.2, 0) is 4.79 Å². The molecule has 112 valence electrons. The van der Waals surface area contributed by atoms with Crippen molar-refractivity contribution in [3.05, 3.63) is 39.7 Å². The summed E-state index contributed by atoms with van der Waals surface area (Å²) in [6, 6.07) is 2.98. The first-order valence-corrected chi connectivity index (χ1v) is 6.36. The van der Waals surface area contributed by atoms with Crippen molar-refractivity contribution in [2.24, 2.45) is 5.92 Å². The van der Waals surface area contributed by atoms with E-state index >= 15 is 0 Å². The topological polar surface area (TPSA) is 101 Å². The lowest BCUT2D eigenvalue weighted by atomic mass is 9.96. The number of nitro groups is 1. The van der Waals surface area contributed by atoms with Crippen LogP contribution in [-0.4, -0.2) is 39.9 Å². The number of nitro benzene ring substituents is 1. The minimum absolute atomic E-state index is 0.0249. The van der Waals surface area contributed by atoms with Crippen molar-refractivity contribution in [1.82, 2.24) is 4.90 Å². The number of piperidine rings is 1. The number of hydrogen-bond acceptors (Lipinski definition) is 4. The second kappa shape index (κ2) is 5.86. The molecule has 1 amide bonds. The van der Waals surface area contributed by atoms with E-state index < -0.39 is 34.2 Å². The summed E-state index contributed by atoms with van der Waals surface area (Å²) >= 11 is 0. The molecule has 0 saturated carbocycles. The average molecular weight is 296 g/mol. The molecular weight excluding hydrogens is 283 g/mol. The normalized spacial score (nSPS) is 15.8. The van der Waals surface area contributed by atoms with Crippen molar-refractivity contribution in [3.8, 4) is 0 Å². The van der Waals surface area contributed by atoms with Crippen LogP contribution in [0.5, 0.6) is 0 Å². The molecule has 21 heavy (non-hydrogen) atoms. The van der Waals surface area contributed by atoms with E-state index in [2.05, 4.69) is 0 Å². The Kier molecular flexibility index (Phi) is 4.15. The Morgan fingerprint density at radius 3 is 2.48 bits per heavy atom. The molecule has 1 aliphatic heterocycles. The number of aliphatic carboxylic acids is 1. The maximum Gasteiger partial charge on any atom is 0.306 e. The summed E-state index contributed by atoms with van der Waals surface area (Å²) in [5, 5.41) is 19.6. The van der Waals surface area contributed by atoms with Gasteiger partial charge in [-0.25, -0.2) is 0 Å². The molecule has 0 aromatic heterocycles. The quantitative estimate of drug-likeness (QED) is 0.675. The predicted molar refractivity (Wildman–Crippen MR) is 69.3 cm³/mol. The number of likely N-dealkylation sites (tertiary alicyclic amines) is 1. The van der Waals surface area contributed by atoms with E-state index in [9.17, 15) is 24.1 Å². The fraction of sp³-hybridized carbons (Fsp3) is 0.385. The fourth-order valence-corrected chi connectivity index (χ4v) is 2.30. The Morgan fingerprint density at radius 2 is 1.95 bits per heavy atom. The van der Waals surface area contributed by atoms with Crippen LogP contribution >= 0.6 is 0 Å². The number of amides is 1. The van der Waals surface area contributed by atoms with Gasteiger partial charge in [0.1, 0.15) is 0 Å². The number of carboxylic acid groups (broad SMARTS) is 1. The largest absolute Gasteiger partial charge is 0.481 e. The summed E-state index contributed by atoms with van der Waals surface area (Å²) < 4.78 is 13.2. The molecule has 1 heterocycles. The number of carbonyl (C=O) groups excluding carboxylic acids is 1. The van der Waals surface area contributed by atoms with Gasteiger partial charge in [0.05, 0.1) is 10.8 Å². The van der Waals surface area contributed by atoms with Crippen LogP contribution in [0.3, 0.4) is 0 Å². The highest BCUT2D eigenvalue weighted by Gasteiger charge is 2.28. The first kappa shape index (κ1) is 14.9. The molecule has 0 unspecified atom stereocenters. The zero-order valence-corrected chi connectivity index (χ0v) is 11.0. The molecule has 0 aliphatic carbocycles. The van der Waals surface area contributed by atoms with Gasteiger partial charge >= 0.3 is 11.7 Å². The average Bonchev–Trinajstić information content (AvgIpc) is 2.46. The van der Waals surface area contributed by atoms with E-state index in [1.165, 1.54) is 11.0 Å². The van der Waals surface area contributed by atoms with Crippen molar-refractivity contribution in [2.45, 2.75) is 12.8 Å². The summed E-state index contributed by atoms with van der Waals surface area (Å²) in [6.07, 6.45) is 0.675. The molecule has 1 aromatic rings. The van der Waals surface area contributed by atoms with Gasteiger partial charge in [0.25, 0.3) is 5.91 Å². The minimum atomic E-state index is -0.999. The molecule has 0 spiro atoms. The molecule has 0 bridgehead atoms. The minimum Gasteiger partial charge on any atom is -0.481 e. The fourth-order valence-electron chi connectivity index (χ4n) is 2.30. The number of nitrogens with zero attached hydrogens (tertiary/aromatic N) is 2. The number of carboxylic acids is 1. The lowest BCUT2D eigenvalue weighted by molar-refractivity contribution is -0.387. The third-order valence-corrected chi connectivity index (χ3v) is 3.52. The number of benzene rings is 1. The van der Waals surface area contributed by atoms with Crippen LogP contribution in [0, 0.1) is 21.8 Å². The van der Waals surface area contributed by atoms with Crippen molar-refractivity contribution in [2.75, 3.05) is 13.1 Å². The van der Waals surface area contributed by atoms with E-state index in [-0.39, 0.29) is 18.7 Å². The molecular formula is C13H13FN2O5. The van der Waals surface area contributed by atoms with Crippen molar-refractivity contribution in [3.63, 3.8) is 0 Å². The molecule has 2 rings (SSSR count). The van der Waals surface area contributed by atoms with Crippen LogP contribution in [0.15, 0.2) is 18.2 Å². The molecule has 1 N–H and O–H groups in total. The summed E-state index contributed by atoms with van der Waals surface area (Å²) in [5.41, 5.74) is -0.724. The molecule has 8 heteroatoms. The van der Waals surface area contributed by atoms with Crippen molar-refractivity contribution >= 4 is 17.6 Å². The standard InChI is InChI=1S/C13H13FN2O5/c14-10-2-1-9(7-11(10)16(20)21)12(17)15-5-3-8(4-6-15)13(18)19/h1-2,7-8H,3-6H2,(H,18,19). The first-order chi connectivity index (χ1) is 9.90. The van der Waals surface area contributed by atoms with E-state index in [0.717, 1.165) is 12.1 Å². The van der Waals surface area contributed by atoms with E-state index in [0.29, 0.717) is 12.8 Å². The molecule has 1 saturated heterocycles. The zero-order chi connectivity index (χ0) is 15.6. The SMILES string of the molecule is O=C(O)C1CCN(C(=O)c2ccc(F)c([N+](=O)[O-])c2)CC1. The van der Waals surface area contributed by atoms with Gasteiger partial charge in [0.15, 0.2) is 0 Å². The van der Waals surface area contributed by atoms with Crippen LogP contribution < -0.4 is 0 Å². The molecule has 1 aliphatic rings. The Balaban J connectivity index is 2.13. The van der Waals surface area contributed by atoms with Gasteiger partial charge in [-0.1, -0.05) is 0 Å². The number of hydrogen-bond donors (Lipinski definition) is 1. The summed E-state index contributed by atoms with van der Waals surface area (Å²) in [4.78, 5) is 34.2. The maximum absolute atomic E-state index is 13.2. The highest BCUT2D eigenvalue weighted by Crippen LogP contribution is 2.22. The van der Waals surface area contributed by atoms with Gasteiger partial charge in [-0.05, 0) is 25.0 Å². The lowest BCUT2D eigenvalue weighted by Crippen LogP contribution is -2.40. The van der Waals surface area contributed by atoms with Gasteiger partial charge in [0.2, 0.25) is 5.82 Å². The number of rotatable bonds is 3. The second-order valence-corrected chi connectivity index (χ2v) is 4.83. The van der Waals surface area contributed by atoms with Crippen LogP contribution in [0.2, 0.25) is 0 Å². The highest BCUT2D eigenvalue weighted by atomic mass is 19.1. The van der Waals surface area contributed by atoms with Crippen LogP contribution in [0.25, 0.3) is 0 Å². The van der Waals surface area contributed by atoms with Gasteiger partial charge in [0, 0.05) is 24.7 Å². The van der Waals surface area contributed by atoms with E-state index in [1.807, 2.05) is 0 Å². The zero-order valence-electron chi connectivity index (χ0n) is 11.0. The lowest BCUT2D eigenvalue weighted by Gasteiger charge is -2.30. The van der Waals surface area contributed by atoms with Crippen LogP contribution in [0.4, 0.5) is 10.1 Å². The molecule has 1 fully saturated rings. The first-order valence-electron chi connectivity index (χ1n) is 6.36. The number of halogens is 1. The van der Waals surface area contributed by atoms with E-state index in [1.54, 1.807) is 0 Å². The summed E-state index contributed by atoms with van der Waals surface area (Å²) in [6.45, 7) is 0.530. The van der Waals surface area contributed by atoms with Gasteiger partial charge in [-0.3, -0.25) is 19.7 Å². The van der Waals surface area contributed by atoms with Gasteiger partial charge < -0.3 is 10.0 Å². The second-order valence-electron chi connectivity index (χ2n) is 4.83.